The van der Waals surface area contributed by atoms with Crippen LogP contribution in [0.25, 0.3) is 0 Å². The fourth-order valence-electron chi connectivity index (χ4n) is 1.77. The van der Waals surface area contributed by atoms with E-state index >= 15 is 0 Å². The number of carbonyl (C=O) groups excluding carboxylic acids is 3. The number of nitrogens with one attached hydrogen (secondary N) is 1. The van der Waals surface area contributed by atoms with Crippen LogP contribution in [0.3, 0.4) is 0 Å². The van der Waals surface area contributed by atoms with Gasteiger partial charge in [-0.25, -0.2) is 4.79 Å². The molecule has 0 unspecified atom stereocenters. The Hall–Kier alpha value is -1.79. The molecule has 7 nitrogen and oxygen atoms in total. The maximum absolute atomic E-state index is 11.8. The van der Waals surface area contributed by atoms with E-state index in [0.29, 0.717) is 32.8 Å². The number of hydrogen-bond acceptors (Lipinski definition) is 4. The molecule has 1 heterocycles. The summed E-state index contributed by atoms with van der Waals surface area (Å²) in [6, 6.07) is -0.0720. The highest BCUT2D eigenvalue weighted by Crippen LogP contribution is 2.04. The molecule has 1 N–H and O–H groups in total. The van der Waals surface area contributed by atoms with Crippen LogP contribution in [0.1, 0.15) is 20.8 Å². The highest BCUT2D eigenvalue weighted by atomic mass is 16.6. The number of hydrogen-bond donors (Lipinski definition) is 1. The summed E-state index contributed by atoms with van der Waals surface area (Å²) in [6.07, 6.45) is -0.374. The smallest absolute Gasteiger partial charge is 0.409 e. The lowest BCUT2D eigenvalue weighted by Gasteiger charge is -2.33. The maximum atomic E-state index is 11.8. The SMILES string of the molecule is CCOC(=O)N1CCN(C(=O)C(=O)NC(C)C)CC1. The molecule has 7 heteroatoms. The molecule has 0 atom stereocenters. The van der Waals surface area contributed by atoms with E-state index in [4.69, 9.17) is 4.74 Å². The Balaban J connectivity index is 2.43. The number of ether oxygens (including phenoxy) is 1. The second-order valence-corrected chi connectivity index (χ2v) is 4.61. The lowest BCUT2D eigenvalue weighted by atomic mass is 10.3. The molecule has 0 radical (unpaired) electrons. The molecular formula is C12H21N3O4. The molecule has 1 saturated heterocycles. The highest BCUT2D eigenvalue weighted by Gasteiger charge is 2.28. The minimum absolute atomic E-state index is 0.0720. The van der Waals surface area contributed by atoms with Crippen molar-refractivity contribution in [1.29, 1.82) is 0 Å². The molecule has 0 bridgehead atoms. The quantitative estimate of drug-likeness (QED) is 0.706. The Bertz CT molecular complexity index is 349. The van der Waals surface area contributed by atoms with E-state index in [9.17, 15) is 14.4 Å². The molecule has 1 fully saturated rings. The molecule has 108 valence electrons. The summed E-state index contributed by atoms with van der Waals surface area (Å²) in [7, 11) is 0. The number of rotatable bonds is 2. The van der Waals surface area contributed by atoms with Gasteiger partial charge < -0.3 is 19.9 Å². The second-order valence-electron chi connectivity index (χ2n) is 4.61. The number of amides is 3. The fraction of sp³-hybridized carbons (Fsp3) is 0.750. The second kappa shape index (κ2) is 6.96. The van der Waals surface area contributed by atoms with Crippen molar-refractivity contribution in [3.05, 3.63) is 0 Å². The van der Waals surface area contributed by atoms with E-state index in [0.717, 1.165) is 0 Å². The molecule has 0 aliphatic carbocycles. The van der Waals surface area contributed by atoms with Crippen molar-refractivity contribution in [2.45, 2.75) is 26.8 Å². The molecular weight excluding hydrogens is 250 g/mol. The summed E-state index contributed by atoms with van der Waals surface area (Å²) in [5.74, 6) is -1.14. The molecule has 0 spiro atoms. The lowest BCUT2D eigenvalue weighted by molar-refractivity contribution is -0.147. The Labute approximate surface area is 112 Å². The Morgan fingerprint density at radius 2 is 1.63 bits per heavy atom. The van der Waals surface area contributed by atoms with Crippen LogP contribution in [0.15, 0.2) is 0 Å². The lowest BCUT2D eigenvalue weighted by Crippen LogP contribution is -2.54. The summed E-state index contributed by atoms with van der Waals surface area (Å²) in [6.45, 7) is 7.14. The molecule has 19 heavy (non-hydrogen) atoms. The van der Waals surface area contributed by atoms with Crippen molar-refractivity contribution >= 4 is 17.9 Å². The molecule has 0 aromatic rings. The summed E-state index contributed by atoms with van der Waals surface area (Å²) in [5, 5.41) is 2.56. The topological polar surface area (TPSA) is 79.0 Å². The predicted molar refractivity (Wildman–Crippen MR) is 68.5 cm³/mol. The van der Waals surface area contributed by atoms with Gasteiger partial charge in [-0.2, -0.15) is 0 Å². The minimum Gasteiger partial charge on any atom is -0.450 e. The summed E-state index contributed by atoms with van der Waals surface area (Å²) < 4.78 is 4.88. The zero-order chi connectivity index (χ0) is 14.4. The zero-order valence-corrected chi connectivity index (χ0v) is 11.6. The average molecular weight is 271 g/mol. The zero-order valence-electron chi connectivity index (χ0n) is 11.6. The van der Waals surface area contributed by atoms with Crippen LogP contribution >= 0.6 is 0 Å². The van der Waals surface area contributed by atoms with Crippen LogP contribution in [0, 0.1) is 0 Å². The molecule has 0 aromatic heterocycles. The normalized spacial score (nSPS) is 15.4. The van der Waals surface area contributed by atoms with Gasteiger partial charge in [0.15, 0.2) is 0 Å². The minimum atomic E-state index is -0.598. The number of piperazine rings is 1. The number of carbonyl (C=O) groups is 3. The van der Waals surface area contributed by atoms with Crippen LogP contribution < -0.4 is 5.32 Å². The monoisotopic (exact) mass is 271 g/mol. The van der Waals surface area contributed by atoms with Gasteiger partial charge in [-0.15, -0.1) is 0 Å². The third kappa shape index (κ3) is 4.42. The van der Waals surface area contributed by atoms with E-state index in [-0.39, 0.29) is 12.1 Å². The largest absolute Gasteiger partial charge is 0.450 e. The van der Waals surface area contributed by atoms with Crippen molar-refractivity contribution < 1.29 is 19.1 Å². The standard InChI is InChI=1S/C12H21N3O4/c1-4-19-12(18)15-7-5-14(6-8-15)11(17)10(16)13-9(2)3/h9H,4-8H2,1-3H3,(H,13,16). The van der Waals surface area contributed by atoms with Gasteiger partial charge in [-0.05, 0) is 20.8 Å². The van der Waals surface area contributed by atoms with E-state index in [2.05, 4.69) is 5.32 Å². The van der Waals surface area contributed by atoms with Gasteiger partial charge >= 0.3 is 17.9 Å². The molecule has 1 rings (SSSR count). The molecule has 1 aliphatic rings. The first-order valence-electron chi connectivity index (χ1n) is 6.47. The van der Waals surface area contributed by atoms with E-state index in [1.165, 1.54) is 9.80 Å². The molecule has 1 aliphatic heterocycles. The van der Waals surface area contributed by atoms with Crippen molar-refractivity contribution in [3.63, 3.8) is 0 Å². The van der Waals surface area contributed by atoms with Gasteiger partial charge in [0.1, 0.15) is 0 Å². The average Bonchev–Trinajstić information content (AvgIpc) is 2.37. The van der Waals surface area contributed by atoms with E-state index < -0.39 is 11.8 Å². The Morgan fingerprint density at radius 3 is 2.11 bits per heavy atom. The van der Waals surface area contributed by atoms with Crippen LogP contribution in [-0.2, 0) is 14.3 Å². The van der Waals surface area contributed by atoms with E-state index in [1.807, 2.05) is 0 Å². The third-order valence-corrected chi connectivity index (χ3v) is 2.71. The van der Waals surface area contributed by atoms with Gasteiger partial charge in [-0.3, -0.25) is 9.59 Å². The molecule has 0 saturated carbocycles. The van der Waals surface area contributed by atoms with E-state index in [1.54, 1.807) is 20.8 Å². The van der Waals surface area contributed by atoms with Crippen molar-refractivity contribution in [3.8, 4) is 0 Å². The Morgan fingerprint density at radius 1 is 1.11 bits per heavy atom. The first-order chi connectivity index (χ1) is 8.95. The van der Waals surface area contributed by atoms with Gasteiger partial charge in [0.05, 0.1) is 6.61 Å². The van der Waals surface area contributed by atoms with Crippen molar-refractivity contribution in [1.82, 2.24) is 15.1 Å². The summed E-state index contributed by atoms with van der Waals surface area (Å²) in [5.41, 5.74) is 0. The van der Waals surface area contributed by atoms with Crippen LogP contribution in [0.2, 0.25) is 0 Å². The van der Waals surface area contributed by atoms with Gasteiger partial charge in [0, 0.05) is 32.2 Å². The van der Waals surface area contributed by atoms with Gasteiger partial charge in [-0.1, -0.05) is 0 Å². The van der Waals surface area contributed by atoms with Crippen LogP contribution in [0.5, 0.6) is 0 Å². The van der Waals surface area contributed by atoms with Gasteiger partial charge in [0.25, 0.3) is 0 Å². The first-order valence-corrected chi connectivity index (χ1v) is 6.47. The fourth-order valence-corrected chi connectivity index (χ4v) is 1.77. The summed E-state index contributed by atoms with van der Waals surface area (Å²) in [4.78, 5) is 37.8. The van der Waals surface area contributed by atoms with Crippen LogP contribution in [-0.4, -0.2) is 66.5 Å². The van der Waals surface area contributed by atoms with Crippen LogP contribution in [0.4, 0.5) is 4.79 Å². The van der Waals surface area contributed by atoms with Gasteiger partial charge in [0.2, 0.25) is 0 Å². The maximum Gasteiger partial charge on any atom is 0.409 e. The highest BCUT2D eigenvalue weighted by molar-refractivity contribution is 6.35. The van der Waals surface area contributed by atoms with Crippen molar-refractivity contribution in [2.24, 2.45) is 0 Å². The Kier molecular flexibility index (Phi) is 5.59. The molecule has 0 aromatic carbocycles. The molecule has 3 amide bonds. The third-order valence-electron chi connectivity index (χ3n) is 2.71. The first kappa shape index (κ1) is 15.3. The predicted octanol–water partition coefficient (Wildman–Crippen LogP) is -0.188. The number of nitrogens with zero attached hydrogens (tertiary/aromatic N) is 2. The summed E-state index contributed by atoms with van der Waals surface area (Å²) >= 11 is 0. The van der Waals surface area contributed by atoms with Crippen molar-refractivity contribution in [2.75, 3.05) is 32.8 Å².